The van der Waals surface area contributed by atoms with Crippen LogP contribution in [0.5, 0.6) is 0 Å². The van der Waals surface area contributed by atoms with Gasteiger partial charge in [-0.15, -0.1) is 0 Å². The van der Waals surface area contributed by atoms with E-state index in [9.17, 15) is 29.3 Å². The van der Waals surface area contributed by atoms with E-state index in [0.717, 1.165) is 4.90 Å². The van der Waals surface area contributed by atoms with E-state index in [1.165, 1.54) is 54.6 Å². The van der Waals surface area contributed by atoms with Crippen molar-refractivity contribution in [1.82, 2.24) is 10.2 Å². The normalized spacial score (nSPS) is 17.1. The molecule has 2 N–H and O–H groups in total. The Hall–Kier alpha value is -5.12. The molecule has 4 amide bonds. The van der Waals surface area contributed by atoms with Gasteiger partial charge in [-0.3, -0.25) is 29.4 Å². The molecule has 1 unspecified atom stereocenters. The smallest absolute Gasteiger partial charge is 0.325 e. The van der Waals surface area contributed by atoms with Gasteiger partial charge < -0.3 is 10.6 Å². The number of urea groups is 1. The van der Waals surface area contributed by atoms with E-state index in [4.69, 9.17) is 0 Å². The Morgan fingerprint density at radius 1 is 1.00 bits per heavy atom. The number of anilines is 1. The summed E-state index contributed by atoms with van der Waals surface area (Å²) in [7, 11) is 0. The summed E-state index contributed by atoms with van der Waals surface area (Å²) in [5, 5.41) is 16.0. The lowest BCUT2D eigenvalue weighted by Crippen LogP contribution is -2.42. The van der Waals surface area contributed by atoms with Gasteiger partial charge in [0.1, 0.15) is 12.1 Å². The lowest BCUT2D eigenvalue weighted by atomic mass is 9.92. The summed E-state index contributed by atoms with van der Waals surface area (Å²) in [6, 6.07) is 20.0. The Labute approximate surface area is 211 Å². The van der Waals surface area contributed by atoms with Crippen LogP contribution in [0.1, 0.15) is 28.4 Å². The first kappa shape index (κ1) is 25.0. The number of benzene rings is 3. The molecular formula is C27H22N4O6. The molecule has 1 atom stereocenters. The van der Waals surface area contributed by atoms with Gasteiger partial charge in [-0.05, 0) is 60.5 Å². The SMILES string of the molecule is CC1(c2ccccc2)NC(=O)N(CC(=O)Nc2ccc(C(=O)/C=C/c3ccc([N+](=O)[O-])cc3)cc2)C1=O. The molecule has 1 aliphatic heterocycles. The van der Waals surface area contributed by atoms with Crippen molar-refractivity contribution < 1.29 is 24.1 Å². The van der Waals surface area contributed by atoms with Crippen molar-refractivity contribution in [3.05, 3.63) is 112 Å². The first-order chi connectivity index (χ1) is 17.7. The Morgan fingerprint density at radius 2 is 1.65 bits per heavy atom. The molecular weight excluding hydrogens is 476 g/mol. The van der Waals surface area contributed by atoms with Crippen molar-refractivity contribution in [2.45, 2.75) is 12.5 Å². The fourth-order valence-electron chi connectivity index (χ4n) is 3.84. The molecule has 10 heteroatoms. The molecule has 1 fully saturated rings. The van der Waals surface area contributed by atoms with Crippen molar-refractivity contribution in [1.29, 1.82) is 0 Å². The fourth-order valence-corrected chi connectivity index (χ4v) is 3.84. The van der Waals surface area contributed by atoms with Gasteiger partial charge >= 0.3 is 6.03 Å². The number of nitrogens with one attached hydrogen (secondary N) is 2. The van der Waals surface area contributed by atoms with Crippen LogP contribution in [0, 0.1) is 10.1 Å². The van der Waals surface area contributed by atoms with E-state index in [1.807, 2.05) is 0 Å². The molecule has 1 aliphatic rings. The van der Waals surface area contributed by atoms with Gasteiger partial charge in [0.25, 0.3) is 11.6 Å². The predicted molar refractivity (Wildman–Crippen MR) is 136 cm³/mol. The standard InChI is InChI=1S/C27H22N4O6/c1-27(20-5-3-2-4-6-20)25(34)30(26(35)29-27)17-24(33)28-21-12-10-19(11-13-21)23(32)16-9-18-7-14-22(15-8-18)31(36)37/h2-16H,17H2,1H3,(H,28,33)(H,29,35)/b16-9+. The van der Waals surface area contributed by atoms with Gasteiger partial charge in [0.15, 0.2) is 5.78 Å². The van der Waals surface area contributed by atoms with Crippen LogP contribution in [0.3, 0.4) is 0 Å². The van der Waals surface area contributed by atoms with Crippen LogP contribution in [0.15, 0.2) is 84.9 Å². The van der Waals surface area contributed by atoms with Crippen LogP contribution in [0.2, 0.25) is 0 Å². The number of carbonyl (C=O) groups excluding carboxylic acids is 4. The van der Waals surface area contributed by atoms with Crippen molar-refractivity contribution >= 4 is 41.1 Å². The molecule has 1 saturated heterocycles. The molecule has 0 spiro atoms. The number of nitro benzene ring substituents is 1. The van der Waals surface area contributed by atoms with Gasteiger partial charge in [0.2, 0.25) is 5.91 Å². The quantitative estimate of drug-likeness (QED) is 0.159. The van der Waals surface area contributed by atoms with Gasteiger partial charge in [0.05, 0.1) is 4.92 Å². The highest BCUT2D eigenvalue weighted by molar-refractivity contribution is 6.10. The number of allylic oxidation sites excluding steroid dienone is 1. The molecule has 0 saturated carbocycles. The maximum absolute atomic E-state index is 12.9. The second-order valence-electron chi connectivity index (χ2n) is 8.48. The molecule has 3 aromatic rings. The van der Waals surface area contributed by atoms with Gasteiger partial charge in [-0.25, -0.2) is 4.79 Å². The summed E-state index contributed by atoms with van der Waals surface area (Å²) in [4.78, 5) is 61.4. The molecule has 0 bridgehead atoms. The molecule has 0 aromatic heterocycles. The molecule has 37 heavy (non-hydrogen) atoms. The third kappa shape index (κ3) is 5.43. The predicted octanol–water partition coefficient (Wildman–Crippen LogP) is 3.90. The molecule has 3 aromatic carbocycles. The first-order valence-electron chi connectivity index (χ1n) is 11.2. The van der Waals surface area contributed by atoms with Crippen LogP contribution < -0.4 is 10.6 Å². The van der Waals surface area contributed by atoms with Crippen LogP contribution in [-0.4, -0.2) is 40.0 Å². The lowest BCUT2D eigenvalue weighted by Gasteiger charge is -2.22. The minimum Gasteiger partial charge on any atom is -0.325 e. The second kappa shape index (κ2) is 10.2. The van der Waals surface area contributed by atoms with E-state index >= 15 is 0 Å². The van der Waals surface area contributed by atoms with E-state index < -0.39 is 34.9 Å². The number of non-ortho nitro benzene ring substituents is 1. The van der Waals surface area contributed by atoms with Gasteiger partial charge in [-0.1, -0.05) is 36.4 Å². The van der Waals surface area contributed by atoms with Gasteiger partial charge in [0, 0.05) is 23.4 Å². The zero-order valence-electron chi connectivity index (χ0n) is 19.7. The average molecular weight is 498 g/mol. The van der Waals surface area contributed by atoms with Crippen molar-refractivity contribution in [3.63, 3.8) is 0 Å². The van der Waals surface area contributed by atoms with E-state index in [2.05, 4.69) is 10.6 Å². The summed E-state index contributed by atoms with van der Waals surface area (Å²) in [6.07, 6.45) is 2.89. The highest BCUT2D eigenvalue weighted by atomic mass is 16.6. The monoisotopic (exact) mass is 498 g/mol. The third-order valence-electron chi connectivity index (χ3n) is 5.91. The number of rotatable bonds is 8. The summed E-state index contributed by atoms with van der Waals surface area (Å²) in [5.41, 5.74) is 0.692. The molecule has 4 rings (SSSR count). The number of hydrogen-bond acceptors (Lipinski definition) is 6. The molecule has 1 heterocycles. The molecule has 10 nitrogen and oxygen atoms in total. The number of ketones is 1. The lowest BCUT2D eigenvalue weighted by molar-refractivity contribution is -0.384. The number of imide groups is 1. The minimum atomic E-state index is -1.26. The zero-order chi connectivity index (χ0) is 26.6. The molecule has 0 radical (unpaired) electrons. The van der Waals surface area contributed by atoms with Crippen molar-refractivity contribution in [2.24, 2.45) is 0 Å². The highest BCUT2D eigenvalue weighted by Gasteiger charge is 2.49. The van der Waals surface area contributed by atoms with Gasteiger partial charge in [-0.2, -0.15) is 0 Å². The molecule has 0 aliphatic carbocycles. The van der Waals surface area contributed by atoms with E-state index in [-0.39, 0.29) is 11.5 Å². The van der Waals surface area contributed by atoms with Crippen molar-refractivity contribution in [2.75, 3.05) is 11.9 Å². The first-order valence-corrected chi connectivity index (χ1v) is 11.2. The number of amides is 4. The number of carbonyl (C=O) groups is 4. The topological polar surface area (TPSA) is 139 Å². The summed E-state index contributed by atoms with van der Waals surface area (Å²) in [5.74, 6) is -1.40. The maximum Gasteiger partial charge on any atom is 0.325 e. The van der Waals surface area contributed by atoms with E-state index in [0.29, 0.717) is 22.4 Å². The Kier molecular flexibility index (Phi) is 6.92. The zero-order valence-corrected chi connectivity index (χ0v) is 19.7. The van der Waals surface area contributed by atoms with Crippen LogP contribution in [0.4, 0.5) is 16.2 Å². The van der Waals surface area contributed by atoms with Crippen LogP contribution >= 0.6 is 0 Å². The Morgan fingerprint density at radius 3 is 2.27 bits per heavy atom. The van der Waals surface area contributed by atoms with Crippen LogP contribution in [-0.2, 0) is 15.1 Å². The highest BCUT2D eigenvalue weighted by Crippen LogP contribution is 2.28. The Balaban J connectivity index is 1.35. The summed E-state index contributed by atoms with van der Waals surface area (Å²) >= 11 is 0. The molecule has 186 valence electrons. The number of hydrogen-bond donors (Lipinski definition) is 2. The largest absolute Gasteiger partial charge is 0.325 e. The minimum absolute atomic E-state index is 0.0407. The second-order valence-corrected chi connectivity index (χ2v) is 8.48. The summed E-state index contributed by atoms with van der Waals surface area (Å²) in [6.45, 7) is 1.12. The van der Waals surface area contributed by atoms with Crippen molar-refractivity contribution in [3.8, 4) is 0 Å². The fraction of sp³-hybridized carbons (Fsp3) is 0.111. The summed E-state index contributed by atoms with van der Waals surface area (Å²) < 4.78 is 0. The third-order valence-corrected chi connectivity index (χ3v) is 5.91. The number of nitrogens with zero attached hydrogens (tertiary/aromatic N) is 2. The van der Waals surface area contributed by atoms with Crippen LogP contribution in [0.25, 0.3) is 6.08 Å². The Bertz CT molecular complexity index is 1400. The van der Waals surface area contributed by atoms with E-state index in [1.54, 1.807) is 43.3 Å². The average Bonchev–Trinajstić information content (AvgIpc) is 3.12. The number of nitro groups is 1. The maximum atomic E-state index is 12.9.